The van der Waals surface area contributed by atoms with Gasteiger partial charge >= 0.3 is 0 Å². The van der Waals surface area contributed by atoms with Crippen LogP contribution in [0.5, 0.6) is 11.5 Å². The van der Waals surface area contributed by atoms with Crippen molar-refractivity contribution in [2.45, 2.75) is 19.4 Å². The van der Waals surface area contributed by atoms with Gasteiger partial charge in [0.25, 0.3) is 5.91 Å². The molecule has 0 spiro atoms. The van der Waals surface area contributed by atoms with E-state index in [4.69, 9.17) is 9.47 Å². The van der Waals surface area contributed by atoms with Crippen LogP contribution in [0.3, 0.4) is 0 Å². The molecule has 0 aliphatic carbocycles. The van der Waals surface area contributed by atoms with Gasteiger partial charge in [0.15, 0.2) is 11.5 Å². The van der Waals surface area contributed by atoms with E-state index in [-0.39, 0.29) is 11.9 Å². The summed E-state index contributed by atoms with van der Waals surface area (Å²) in [7, 11) is 0. The lowest BCUT2D eigenvalue weighted by Gasteiger charge is -2.22. The van der Waals surface area contributed by atoms with E-state index >= 15 is 0 Å². The lowest BCUT2D eigenvalue weighted by molar-refractivity contribution is 0.0976. The molecule has 3 heterocycles. The van der Waals surface area contributed by atoms with Gasteiger partial charge < -0.3 is 19.7 Å². The van der Waals surface area contributed by atoms with Crippen molar-refractivity contribution in [1.82, 2.24) is 9.97 Å². The molecule has 3 aromatic rings. The van der Waals surface area contributed by atoms with Gasteiger partial charge in [-0.05, 0) is 37.1 Å². The summed E-state index contributed by atoms with van der Waals surface area (Å²) in [5, 5.41) is 3.21. The molecule has 1 atom stereocenters. The van der Waals surface area contributed by atoms with Gasteiger partial charge in [-0.1, -0.05) is 18.2 Å². The van der Waals surface area contributed by atoms with Crippen molar-refractivity contribution in [2.75, 3.05) is 23.4 Å². The van der Waals surface area contributed by atoms with Crippen molar-refractivity contribution in [2.24, 2.45) is 0 Å². The van der Waals surface area contributed by atoms with Crippen molar-refractivity contribution >= 4 is 23.1 Å². The summed E-state index contributed by atoms with van der Waals surface area (Å²) in [6, 6.07) is 15.3. The molecule has 1 aromatic heterocycles. The molecule has 0 saturated carbocycles. The molecule has 2 aliphatic rings. The third-order valence-electron chi connectivity index (χ3n) is 5.13. The molecule has 7 heteroatoms. The number of ether oxygens (including phenoxy) is 2. The van der Waals surface area contributed by atoms with E-state index in [0.717, 1.165) is 23.5 Å². The Labute approximate surface area is 168 Å². The summed E-state index contributed by atoms with van der Waals surface area (Å²) in [6.45, 7) is 3.13. The van der Waals surface area contributed by atoms with Crippen LogP contribution in [0.4, 0.5) is 17.2 Å². The number of nitrogens with one attached hydrogen (secondary N) is 1. The number of para-hydroxylation sites is 1. The highest BCUT2D eigenvalue weighted by atomic mass is 16.6. The molecule has 29 heavy (non-hydrogen) atoms. The van der Waals surface area contributed by atoms with Crippen LogP contribution < -0.4 is 19.7 Å². The average Bonchev–Trinajstić information content (AvgIpc) is 3.09. The minimum absolute atomic E-state index is 0.0871. The fourth-order valence-electron chi connectivity index (χ4n) is 3.81. The van der Waals surface area contributed by atoms with E-state index in [1.807, 2.05) is 48.2 Å². The molecular formula is C22H20N4O3. The number of hydrogen-bond donors (Lipinski definition) is 1. The summed E-state index contributed by atoms with van der Waals surface area (Å²) in [5.74, 6) is 1.83. The Bertz CT molecular complexity index is 1090. The lowest BCUT2D eigenvalue weighted by atomic mass is 10.1. The standard InChI is InChI=1S/C22H20N4O3/c1-14-10-15-4-2-3-5-18(15)26(14)22(27)17-12-21(24-13-23-17)25-16-6-7-19-20(11-16)29-9-8-28-19/h2-7,11-14H,8-10H2,1H3,(H,23,24,25). The molecule has 1 amide bonds. The number of anilines is 3. The smallest absolute Gasteiger partial charge is 0.277 e. The largest absolute Gasteiger partial charge is 0.486 e. The Hall–Kier alpha value is -3.61. The van der Waals surface area contributed by atoms with E-state index in [2.05, 4.69) is 21.4 Å². The van der Waals surface area contributed by atoms with Crippen LogP contribution in [0.1, 0.15) is 23.0 Å². The Balaban J connectivity index is 1.39. The second-order valence-electron chi connectivity index (χ2n) is 7.13. The third-order valence-corrected chi connectivity index (χ3v) is 5.13. The first kappa shape index (κ1) is 17.5. The SMILES string of the molecule is CC1Cc2ccccc2N1C(=O)c1cc(Nc2ccc3c(c2)OCCO3)ncn1. The molecule has 2 aliphatic heterocycles. The number of rotatable bonds is 3. The van der Waals surface area contributed by atoms with E-state index in [1.54, 1.807) is 6.07 Å². The minimum Gasteiger partial charge on any atom is -0.486 e. The Morgan fingerprint density at radius 3 is 2.79 bits per heavy atom. The molecule has 0 fully saturated rings. The first-order chi connectivity index (χ1) is 14.2. The van der Waals surface area contributed by atoms with Gasteiger partial charge in [0.05, 0.1) is 0 Å². The van der Waals surface area contributed by atoms with Crippen LogP contribution in [-0.2, 0) is 6.42 Å². The maximum atomic E-state index is 13.2. The first-order valence-corrected chi connectivity index (χ1v) is 9.59. The predicted octanol–water partition coefficient (Wildman–Crippen LogP) is 3.58. The highest BCUT2D eigenvalue weighted by molar-refractivity contribution is 6.06. The monoisotopic (exact) mass is 388 g/mol. The number of nitrogens with zero attached hydrogens (tertiary/aromatic N) is 3. The Kier molecular flexibility index (Phi) is 4.27. The number of carbonyl (C=O) groups excluding carboxylic acids is 1. The molecule has 146 valence electrons. The summed E-state index contributed by atoms with van der Waals surface area (Å²) in [6.07, 6.45) is 2.25. The number of hydrogen-bond acceptors (Lipinski definition) is 6. The van der Waals surface area contributed by atoms with Crippen molar-refractivity contribution in [3.8, 4) is 11.5 Å². The summed E-state index contributed by atoms with van der Waals surface area (Å²) in [5.41, 5.74) is 3.27. The van der Waals surface area contributed by atoms with Gasteiger partial charge in [0.1, 0.15) is 31.1 Å². The van der Waals surface area contributed by atoms with Gasteiger partial charge in [-0.15, -0.1) is 0 Å². The molecule has 1 unspecified atom stereocenters. The Morgan fingerprint density at radius 1 is 1.07 bits per heavy atom. The Morgan fingerprint density at radius 2 is 1.90 bits per heavy atom. The van der Waals surface area contributed by atoms with Crippen molar-refractivity contribution in [1.29, 1.82) is 0 Å². The van der Waals surface area contributed by atoms with Gasteiger partial charge in [0.2, 0.25) is 0 Å². The van der Waals surface area contributed by atoms with Crippen LogP contribution in [0.15, 0.2) is 54.9 Å². The van der Waals surface area contributed by atoms with Gasteiger partial charge in [-0.25, -0.2) is 9.97 Å². The third kappa shape index (κ3) is 3.24. The maximum Gasteiger partial charge on any atom is 0.277 e. The normalized spacial score (nSPS) is 17.0. The average molecular weight is 388 g/mol. The van der Waals surface area contributed by atoms with Gasteiger partial charge in [-0.2, -0.15) is 0 Å². The van der Waals surface area contributed by atoms with Crippen molar-refractivity contribution in [3.05, 3.63) is 66.1 Å². The fourth-order valence-corrected chi connectivity index (χ4v) is 3.81. The molecule has 5 rings (SSSR count). The minimum atomic E-state index is -0.130. The fraction of sp³-hybridized carbons (Fsp3) is 0.227. The first-order valence-electron chi connectivity index (χ1n) is 9.59. The quantitative estimate of drug-likeness (QED) is 0.739. The number of fused-ring (bicyclic) bond motifs is 2. The van der Waals surface area contributed by atoms with Gasteiger partial charge in [-0.3, -0.25) is 4.79 Å². The van der Waals surface area contributed by atoms with Crippen LogP contribution >= 0.6 is 0 Å². The lowest BCUT2D eigenvalue weighted by Crippen LogP contribution is -2.36. The molecule has 0 bridgehead atoms. The summed E-state index contributed by atoms with van der Waals surface area (Å²) in [4.78, 5) is 23.5. The maximum absolute atomic E-state index is 13.2. The zero-order valence-electron chi connectivity index (χ0n) is 16.0. The predicted molar refractivity (Wildman–Crippen MR) is 109 cm³/mol. The molecule has 1 N–H and O–H groups in total. The molecule has 0 radical (unpaired) electrons. The molecular weight excluding hydrogens is 368 g/mol. The molecule has 0 saturated heterocycles. The zero-order valence-corrected chi connectivity index (χ0v) is 16.0. The summed E-state index contributed by atoms with van der Waals surface area (Å²) < 4.78 is 11.2. The highest BCUT2D eigenvalue weighted by Crippen LogP contribution is 2.34. The van der Waals surface area contributed by atoms with Crippen LogP contribution in [0.2, 0.25) is 0 Å². The van der Waals surface area contributed by atoms with Crippen molar-refractivity contribution < 1.29 is 14.3 Å². The van der Waals surface area contributed by atoms with E-state index in [9.17, 15) is 4.79 Å². The second kappa shape index (κ2) is 7.09. The molecule has 7 nitrogen and oxygen atoms in total. The van der Waals surface area contributed by atoms with E-state index in [1.165, 1.54) is 11.9 Å². The number of benzene rings is 2. The van der Waals surface area contributed by atoms with E-state index in [0.29, 0.717) is 30.5 Å². The zero-order chi connectivity index (χ0) is 19.8. The number of carbonyl (C=O) groups is 1. The highest BCUT2D eigenvalue weighted by Gasteiger charge is 2.32. The van der Waals surface area contributed by atoms with Crippen LogP contribution in [0.25, 0.3) is 0 Å². The number of aromatic nitrogens is 2. The number of amides is 1. The van der Waals surface area contributed by atoms with Crippen molar-refractivity contribution in [3.63, 3.8) is 0 Å². The van der Waals surface area contributed by atoms with E-state index < -0.39 is 0 Å². The van der Waals surface area contributed by atoms with Gasteiger partial charge in [0, 0.05) is 29.5 Å². The van der Waals surface area contributed by atoms with Crippen LogP contribution in [-0.4, -0.2) is 35.1 Å². The molecule has 2 aromatic carbocycles. The summed E-state index contributed by atoms with van der Waals surface area (Å²) >= 11 is 0. The second-order valence-corrected chi connectivity index (χ2v) is 7.13. The topological polar surface area (TPSA) is 76.6 Å². The van der Waals surface area contributed by atoms with Crippen LogP contribution in [0, 0.1) is 0 Å².